The summed E-state index contributed by atoms with van der Waals surface area (Å²) in [6.45, 7) is 4.30. The Morgan fingerprint density at radius 2 is 1.68 bits per heavy atom. The molecule has 0 atom stereocenters. The molecule has 0 fully saturated rings. The van der Waals surface area contributed by atoms with Crippen LogP contribution in [0, 0.1) is 6.92 Å². The van der Waals surface area contributed by atoms with E-state index in [2.05, 4.69) is 15.2 Å². The Hall–Kier alpha value is -3.65. The molecule has 160 valence electrons. The van der Waals surface area contributed by atoms with Gasteiger partial charge in [-0.1, -0.05) is 29.8 Å². The molecule has 0 aromatic heterocycles. The normalized spacial score (nSPS) is 11.3. The Morgan fingerprint density at radius 1 is 1.00 bits per heavy atom. The van der Waals surface area contributed by atoms with E-state index in [0.29, 0.717) is 23.6 Å². The van der Waals surface area contributed by atoms with Crippen molar-refractivity contribution in [2.75, 3.05) is 11.3 Å². The number of amides is 1. The van der Waals surface area contributed by atoms with Crippen LogP contribution in [0.4, 0.5) is 5.69 Å². The Balaban J connectivity index is 1.63. The van der Waals surface area contributed by atoms with E-state index in [-0.39, 0.29) is 4.90 Å². The van der Waals surface area contributed by atoms with Gasteiger partial charge in [-0.3, -0.25) is 9.52 Å². The second-order valence-electron chi connectivity index (χ2n) is 6.67. The second kappa shape index (κ2) is 9.90. The van der Waals surface area contributed by atoms with Crippen molar-refractivity contribution < 1.29 is 17.9 Å². The van der Waals surface area contributed by atoms with Crippen molar-refractivity contribution in [1.29, 1.82) is 0 Å². The van der Waals surface area contributed by atoms with Gasteiger partial charge in [0.2, 0.25) is 0 Å². The number of carbonyl (C=O) groups is 1. The molecule has 1 amide bonds. The predicted octanol–water partition coefficient (Wildman–Crippen LogP) is 3.96. The zero-order chi connectivity index (χ0) is 22.3. The number of carbonyl (C=O) groups excluding carboxylic acids is 1. The van der Waals surface area contributed by atoms with Crippen LogP contribution in [-0.2, 0) is 10.0 Å². The summed E-state index contributed by atoms with van der Waals surface area (Å²) >= 11 is 0. The van der Waals surface area contributed by atoms with E-state index in [1.807, 2.05) is 38.1 Å². The summed E-state index contributed by atoms with van der Waals surface area (Å²) in [6.07, 6.45) is 1.51. The van der Waals surface area contributed by atoms with E-state index in [1.165, 1.54) is 30.5 Å². The first-order valence-corrected chi connectivity index (χ1v) is 11.1. The molecule has 3 aromatic rings. The summed E-state index contributed by atoms with van der Waals surface area (Å²) < 4.78 is 32.9. The quantitative estimate of drug-likeness (QED) is 0.412. The molecule has 2 N–H and O–H groups in total. The number of rotatable bonds is 8. The van der Waals surface area contributed by atoms with Crippen LogP contribution in [0.3, 0.4) is 0 Å². The van der Waals surface area contributed by atoms with E-state index in [9.17, 15) is 13.2 Å². The van der Waals surface area contributed by atoms with Crippen LogP contribution in [0.15, 0.2) is 82.8 Å². The number of nitrogens with zero attached hydrogens (tertiary/aromatic N) is 1. The summed E-state index contributed by atoms with van der Waals surface area (Å²) in [5, 5.41) is 3.97. The van der Waals surface area contributed by atoms with E-state index < -0.39 is 15.9 Å². The molecule has 7 nitrogen and oxygen atoms in total. The second-order valence-corrected chi connectivity index (χ2v) is 8.35. The molecule has 0 aliphatic rings. The van der Waals surface area contributed by atoms with E-state index in [1.54, 1.807) is 24.3 Å². The average molecular weight is 438 g/mol. The minimum Gasteiger partial charge on any atom is -0.493 e. The maximum absolute atomic E-state index is 12.5. The first-order valence-electron chi connectivity index (χ1n) is 9.64. The number of hydrazone groups is 1. The van der Waals surface area contributed by atoms with Crippen molar-refractivity contribution in [2.45, 2.75) is 18.7 Å². The topological polar surface area (TPSA) is 96.9 Å². The van der Waals surface area contributed by atoms with Crippen LogP contribution in [-0.4, -0.2) is 27.1 Å². The molecular formula is C23H23N3O4S. The summed E-state index contributed by atoms with van der Waals surface area (Å²) in [4.78, 5) is 12.5. The molecule has 0 aliphatic carbocycles. The van der Waals surface area contributed by atoms with Crippen LogP contribution >= 0.6 is 0 Å². The van der Waals surface area contributed by atoms with Crippen molar-refractivity contribution in [3.63, 3.8) is 0 Å². The van der Waals surface area contributed by atoms with Crippen molar-refractivity contribution in [1.82, 2.24) is 5.43 Å². The molecule has 0 saturated carbocycles. The van der Waals surface area contributed by atoms with Crippen molar-refractivity contribution in [3.05, 3.63) is 89.5 Å². The highest BCUT2D eigenvalue weighted by Gasteiger charge is 2.14. The van der Waals surface area contributed by atoms with E-state index in [0.717, 1.165) is 11.1 Å². The molecule has 0 bridgehead atoms. The molecule has 3 aromatic carbocycles. The Bertz CT molecular complexity index is 1170. The molecule has 8 heteroatoms. The lowest BCUT2D eigenvalue weighted by Gasteiger charge is -2.09. The van der Waals surface area contributed by atoms with Gasteiger partial charge < -0.3 is 4.74 Å². The number of nitrogens with one attached hydrogen (secondary N) is 2. The average Bonchev–Trinajstić information content (AvgIpc) is 2.75. The van der Waals surface area contributed by atoms with Crippen LogP contribution in [0.2, 0.25) is 0 Å². The molecule has 0 aliphatic heterocycles. The maximum Gasteiger partial charge on any atom is 0.271 e. The highest BCUT2D eigenvalue weighted by atomic mass is 32.2. The van der Waals surface area contributed by atoms with Crippen molar-refractivity contribution in [2.24, 2.45) is 5.10 Å². The lowest BCUT2D eigenvalue weighted by molar-refractivity contribution is 0.0955. The Kier molecular flexibility index (Phi) is 7.04. The van der Waals surface area contributed by atoms with Crippen molar-refractivity contribution >= 4 is 27.8 Å². The monoisotopic (exact) mass is 437 g/mol. The zero-order valence-corrected chi connectivity index (χ0v) is 18.0. The minimum absolute atomic E-state index is 0.168. The molecule has 0 saturated heterocycles. The summed E-state index contributed by atoms with van der Waals surface area (Å²) in [7, 11) is -3.70. The van der Waals surface area contributed by atoms with Gasteiger partial charge in [0.1, 0.15) is 5.75 Å². The highest BCUT2D eigenvalue weighted by Crippen LogP contribution is 2.18. The number of sulfonamides is 1. The standard InChI is InChI=1S/C23H23N3O4S/c1-3-30-22-7-5-4-6-19(22)16-24-25-23(27)18-10-12-20(13-11-18)26-31(28,29)21-14-8-17(2)9-15-21/h4-16,26H,3H2,1-2H3,(H,25,27). The van der Waals surface area contributed by atoms with E-state index in [4.69, 9.17) is 4.74 Å². The van der Waals surface area contributed by atoms with Gasteiger partial charge in [-0.05, 0) is 62.4 Å². The zero-order valence-electron chi connectivity index (χ0n) is 17.2. The van der Waals surface area contributed by atoms with Crippen LogP contribution < -0.4 is 14.9 Å². The summed E-state index contributed by atoms with van der Waals surface area (Å²) in [6, 6.07) is 20.0. The third-order valence-electron chi connectivity index (χ3n) is 4.32. The first-order chi connectivity index (χ1) is 14.9. The molecular weight excluding hydrogens is 414 g/mol. The lowest BCUT2D eigenvalue weighted by atomic mass is 10.2. The lowest BCUT2D eigenvalue weighted by Crippen LogP contribution is -2.18. The summed E-state index contributed by atoms with van der Waals surface area (Å²) in [5.74, 6) is 0.256. The fourth-order valence-corrected chi connectivity index (χ4v) is 3.78. The number of hydrogen-bond donors (Lipinski definition) is 2. The molecule has 3 rings (SSSR count). The third-order valence-corrected chi connectivity index (χ3v) is 5.72. The van der Waals surface area contributed by atoms with Crippen molar-refractivity contribution in [3.8, 4) is 5.75 Å². The fourth-order valence-electron chi connectivity index (χ4n) is 2.72. The van der Waals surface area contributed by atoms with Gasteiger partial charge in [-0.15, -0.1) is 0 Å². The number of hydrogen-bond acceptors (Lipinski definition) is 5. The van der Waals surface area contributed by atoms with E-state index >= 15 is 0 Å². The molecule has 0 radical (unpaired) electrons. The Labute approximate surface area is 181 Å². The Morgan fingerprint density at radius 3 is 2.35 bits per heavy atom. The number of ether oxygens (including phenoxy) is 1. The maximum atomic E-state index is 12.5. The number of anilines is 1. The van der Waals surface area contributed by atoms with Gasteiger partial charge in [-0.2, -0.15) is 5.10 Å². The molecule has 0 heterocycles. The predicted molar refractivity (Wildman–Crippen MR) is 121 cm³/mol. The van der Waals surface area contributed by atoms with Gasteiger partial charge in [-0.25, -0.2) is 13.8 Å². The smallest absolute Gasteiger partial charge is 0.271 e. The van der Waals surface area contributed by atoms with Crippen LogP contribution in [0.25, 0.3) is 0 Å². The minimum atomic E-state index is -3.70. The summed E-state index contributed by atoms with van der Waals surface area (Å²) in [5.41, 5.74) is 4.86. The highest BCUT2D eigenvalue weighted by molar-refractivity contribution is 7.92. The SMILES string of the molecule is CCOc1ccccc1C=NNC(=O)c1ccc(NS(=O)(=O)c2ccc(C)cc2)cc1. The van der Waals surface area contributed by atoms with Gasteiger partial charge in [0.25, 0.3) is 15.9 Å². The van der Waals surface area contributed by atoms with Gasteiger partial charge >= 0.3 is 0 Å². The molecule has 31 heavy (non-hydrogen) atoms. The number of aryl methyl sites for hydroxylation is 1. The van der Waals surface area contributed by atoms with Crippen LogP contribution in [0.1, 0.15) is 28.4 Å². The number of para-hydroxylation sites is 1. The number of benzene rings is 3. The largest absolute Gasteiger partial charge is 0.493 e. The van der Waals surface area contributed by atoms with Gasteiger partial charge in [0.15, 0.2) is 0 Å². The van der Waals surface area contributed by atoms with Gasteiger partial charge in [0.05, 0.1) is 17.7 Å². The third kappa shape index (κ3) is 5.93. The fraction of sp³-hybridized carbons (Fsp3) is 0.130. The van der Waals surface area contributed by atoms with Crippen LogP contribution in [0.5, 0.6) is 5.75 Å². The first kappa shape index (κ1) is 22.0. The molecule has 0 unspecified atom stereocenters. The van der Waals surface area contributed by atoms with Gasteiger partial charge in [0, 0.05) is 16.8 Å². The molecule has 0 spiro atoms.